The third kappa shape index (κ3) is 4.06. The number of esters is 2. The van der Waals surface area contributed by atoms with Gasteiger partial charge in [0.05, 0.1) is 28.9 Å². The topological polar surface area (TPSA) is 147 Å². The number of Topliss-reactive ketones (excluding diaryl/α,β-unsaturated/α-hetero) is 1. The monoisotopic (exact) mass is 432 g/mol. The van der Waals surface area contributed by atoms with E-state index in [2.05, 4.69) is 4.98 Å². The van der Waals surface area contributed by atoms with Crippen molar-refractivity contribution in [2.75, 3.05) is 13.4 Å². The number of rotatable bonds is 7. The predicted octanol–water partition coefficient (Wildman–Crippen LogP) is 2.87. The van der Waals surface area contributed by atoms with Gasteiger partial charge in [-0.3, -0.25) is 14.9 Å². The first kappa shape index (κ1) is 21.8. The number of nitro groups is 1. The van der Waals surface area contributed by atoms with Crippen molar-refractivity contribution in [2.24, 2.45) is 0 Å². The highest BCUT2D eigenvalue weighted by Crippen LogP contribution is 2.38. The van der Waals surface area contributed by atoms with E-state index in [0.717, 1.165) is 12.1 Å². The zero-order valence-corrected chi connectivity index (χ0v) is 17.3. The van der Waals surface area contributed by atoms with Crippen molar-refractivity contribution in [3.8, 4) is 11.5 Å². The van der Waals surface area contributed by atoms with Gasteiger partial charge in [0.1, 0.15) is 5.56 Å². The minimum atomic E-state index is -1.29. The lowest BCUT2D eigenvalue weighted by atomic mass is 10.1. The molecule has 31 heavy (non-hydrogen) atoms. The Kier molecular flexibility index (Phi) is 5.95. The lowest BCUT2D eigenvalue weighted by molar-refractivity contribution is -0.385. The molecule has 0 aliphatic carbocycles. The quantitative estimate of drug-likeness (QED) is 0.302. The average molecular weight is 432 g/mol. The number of aryl methyl sites for hydroxylation is 1. The molecule has 3 rings (SSSR count). The Morgan fingerprint density at radius 2 is 1.84 bits per heavy atom. The number of carbonyl (C=O) groups excluding carboxylic acids is 3. The van der Waals surface area contributed by atoms with Crippen LogP contribution in [0.1, 0.15) is 56.3 Å². The minimum absolute atomic E-state index is 0.0843. The number of hydrogen-bond donors (Lipinski definition) is 1. The van der Waals surface area contributed by atoms with Gasteiger partial charge in [-0.25, -0.2) is 9.59 Å². The molecule has 0 bridgehead atoms. The summed E-state index contributed by atoms with van der Waals surface area (Å²) in [6.07, 6.45) is -1.29. The van der Waals surface area contributed by atoms with E-state index in [4.69, 9.17) is 18.9 Å². The van der Waals surface area contributed by atoms with E-state index in [1.807, 2.05) is 0 Å². The summed E-state index contributed by atoms with van der Waals surface area (Å²) in [5, 5.41) is 11.4. The zero-order valence-electron chi connectivity index (χ0n) is 17.3. The number of ether oxygens (including phenoxy) is 4. The van der Waals surface area contributed by atoms with Gasteiger partial charge < -0.3 is 23.9 Å². The molecule has 11 heteroatoms. The third-order valence-corrected chi connectivity index (χ3v) is 4.72. The molecule has 0 saturated carbocycles. The van der Waals surface area contributed by atoms with E-state index in [1.165, 1.54) is 6.92 Å². The van der Waals surface area contributed by atoms with Crippen molar-refractivity contribution < 1.29 is 38.3 Å². The fourth-order valence-corrected chi connectivity index (χ4v) is 3.23. The standard InChI is InChI=1S/C20H20N2O9/c1-5-28-20(25)16-9(2)17(21-10(16)3)18(23)11(4)31-19(24)12-6-14-15(30-8-29-14)7-13(12)22(26)27/h6-7,11,21H,5,8H2,1-4H3/t11-/m1/s1. The number of H-pyrrole nitrogens is 1. The Morgan fingerprint density at radius 1 is 1.19 bits per heavy atom. The van der Waals surface area contributed by atoms with Crippen LogP contribution in [0.15, 0.2) is 12.1 Å². The molecule has 1 aromatic heterocycles. The molecule has 164 valence electrons. The van der Waals surface area contributed by atoms with Crippen molar-refractivity contribution in [3.05, 3.63) is 50.3 Å². The van der Waals surface area contributed by atoms with Crippen LogP contribution in [-0.2, 0) is 9.47 Å². The maximum absolute atomic E-state index is 12.8. The summed E-state index contributed by atoms with van der Waals surface area (Å²) in [4.78, 5) is 51.0. The van der Waals surface area contributed by atoms with E-state index in [0.29, 0.717) is 11.3 Å². The van der Waals surface area contributed by atoms with Crippen LogP contribution in [0.3, 0.4) is 0 Å². The molecule has 1 aliphatic rings. The smallest absolute Gasteiger partial charge is 0.346 e. The van der Waals surface area contributed by atoms with Crippen molar-refractivity contribution in [2.45, 2.75) is 33.8 Å². The van der Waals surface area contributed by atoms with Crippen molar-refractivity contribution in [1.29, 1.82) is 0 Å². The Bertz CT molecular complexity index is 1090. The number of hydrogen-bond acceptors (Lipinski definition) is 9. The van der Waals surface area contributed by atoms with Crippen molar-refractivity contribution in [3.63, 3.8) is 0 Å². The molecule has 0 amide bonds. The van der Waals surface area contributed by atoms with Crippen LogP contribution < -0.4 is 9.47 Å². The number of aromatic amines is 1. The van der Waals surface area contributed by atoms with E-state index in [1.54, 1.807) is 20.8 Å². The van der Waals surface area contributed by atoms with Crippen LogP contribution in [0.25, 0.3) is 0 Å². The second-order valence-electron chi connectivity index (χ2n) is 6.74. The molecule has 0 spiro atoms. The Labute approximate surface area is 176 Å². The first-order valence-corrected chi connectivity index (χ1v) is 9.35. The van der Waals surface area contributed by atoms with Crippen LogP contribution >= 0.6 is 0 Å². The second kappa shape index (κ2) is 8.46. The van der Waals surface area contributed by atoms with Gasteiger partial charge in [0.25, 0.3) is 5.69 Å². The molecule has 0 radical (unpaired) electrons. The highest BCUT2D eigenvalue weighted by molar-refractivity contribution is 6.05. The van der Waals surface area contributed by atoms with Crippen LogP contribution in [-0.4, -0.2) is 47.1 Å². The fourth-order valence-electron chi connectivity index (χ4n) is 3.23. The molecule has 1 aliphatic heterocycles. The number of carbonyl (C=O) groups is 3. The molecular formula is C20H20N2O9. The molecule has 0 unspecified atom stereocenters. The summed E-state index contributed by atoms with van der Waals surface area (Å²) in [5.41, 5.74) is 0.198. The van der Waals surface area contributed by atoms with Gasteiger partial charge in [0.2, 0.25) is 12.6 Å². The fraction of sp³-hybridized carbons (Fsp3) is 0.350. The van der Waals surface area contributed by atoms with Crippen LogP contribution in [0.2, 0.25) is 0 Å². The van der Waals surface area contributed by atoms with Gasteiger partial charge in [-0.1, -0.05) is 0 Å². The van der Waals surface area contributed by atoms with Gasteiger partial charge in [0, 0.05) is 11.8 Å². The van der Waals surface area contributed by atoms with E-state index >= 15 is 0 Å². The van der Waals surface area contributed by atoms with Gasteiger partial charge in [-0.15, -0.1) is 0 Å². The normalized spacial score (nSPS) is 12.9. The molecule has 0 saturated heterocycles. The lowest BCUT2D eigenvalue weighted by Gasteiger charge is -2.13. The van der Waals surface area contributed by atoms with Crippen LogP contribution in [0.5, 0.6) is 11.5 Å². The van der Waals surface area contributed by atoms with E-state index in [-0.39, 0.29) is 41.7 Å². The number of ketones is 1. The summed E-state index contributed by atoms with van der Waals surface area (Å²) < 4.78 is 20.4. The number of nitrogens with one attached hydrogen (secondary N) is 1. The van der Waals surface area contributed by atoms with E-state index in [9.17, 15) is 24.5 Å². The summed E-state index contributed by atoms with van der Waals surface area (Å²) in [5.74, 6) is -1.96. The Balaban J connectivity index is 1.84. The van der Waals surface area contributed by atoms with Crippen LogP contribution in [0.4, 0.5) is 5.69 Å². The molecule has 2 heterocycles. The van der Waals surface area contributed by atoms with Gasteiger partial charge in [-0.05, 0) is 33.3 Å². The molecule has 1 aromatic carbocycles. The van der Waals surface area contributed by atoms with Crippen molar-refractivity contribution >= 4 is 23.4 Å². The number of fused-ring (bicyclic) bond motifs is 1. The maximum atomic E-state index is 12.8. The number of aromatic nitrogens is 1. The predicted molar refractivity (Wildman–Crippen MR) is 105 cm³/mol. The largest absolute Gasteiger partial charge is 0.462 e. The molecule has 2 aromatic rings. The molecule has 0 fully saturated rings. The number of benzene rings is 1. The summed E-state index contributed by atoms with van der Waals surface area (Å²) in [6, 6.07) is 2.21. The van der Waals surface area contributed by atoms with Gasteiger partial charge >= 0.3 is 11.9 Å². The van der Waals surface area contributed by atoms with Crippen molar-refractivity contribution in [1.82, 2.24) is 4.98 Å². The summed E-state index contributed by atoms with van der Waals surface area (Å²) in [6.45, 7) is 6.22. The molecule has 11 nitrogen and oxygen atoms in total. The summed E-state index contributed by atoms with van der Waals surface area (Å²) in [7, 11) is 0. The lowest BCUT2D eigenvalue weighted by Crippen LogP contribution is -2.25. The minimum Gasteiger partial charge on any atom is -0.462 e. The van der Waals surface area contributed by atoms with Crippen LogP contribution in [0, 0.1) is 24.0 Å². The molecular weight excluding hydrogens is 412 g/mol. The zero-order chi connectivity index (χ0) is 22.9. The Morgan fingerprint density at radius 3 is 2.45 bits per heavy atom. The van der Waals surface area contributed by atoms with E-state index < -0.39 is 34.4 Å². The average Bonchev–Trinajstić information content (AvgIpc) is 3.29. The van der Waals surface area contributed by atoms with Gasteiger partial charge in [-0.2, -0.15) is 0 Å². The van der Waals surface area contributed by atoms with Gasteiger partial charge in [0.15, 0.2) is 17.6 Å². The number of nitrogens with zero attached hydrogens (tertiary/aromatic N) is 1. The highest BCUT2D eigenvalue weighted by atomic mass is 16.7. The molecule has 1 atom stereocenters. The SMILES string of the molecule is CCOC(=O)c1c(C)[nH]c(C(=O)[C@@H](C)OC(=O)c2cc3c(cc2[N+](=O)[O-])OCO3)c1C. The second-order valence-corrected chi connectivity index (χ2v) is 6.74. The summed E-state index contributed by atoms with van der Waals surface area (Å²) >= 11 is 0. The first-order chi connectivity index (χ1) is 14.6. The first-order valence-electron chi connectivity index (χ1n) is 9.35. The maximum Gasteiger partial charge on any atom is 0.346 e. The third-order valence-electron chi connectivity index (χ3n) is 4.72. The Hall–Kier alpha value is -3.89. The molecule has 1 N–H and O–H groups in total. The number of nitro benzene ring substituents is 1. The highest BCUT2D eigenvalue weighted by Gasteiger charge is 2.32.